The number of carboxylic acid groups (broad SMARTS) is 1. The van der Waals surface area contributed by atoms with E-state index in [0.717, 1.165) is 32.1 Å². The van der Waals surface area contributed by atoms with E-state index in [1.54, 1.807) is 24.3 Å². The first kappa shape index (κ1) is 15.8. The molecule has 0 spiro atoms. The van der Waals surface area contributed by atoms with E-state index < -0.39 is 11.4 Å². The van der Waals surface area contributed by atoms with Gasteiger partial charge in [0, 0.05) is 16.1 Å². The highest BCUT2D eigenvalue weighted by Crippen LogP contribution is 2.43. The number of carbonyl (C=O) groups is 2. The molecule has 0 atom stereocenters. The second-order valence-electron chi connectivity index (χ2n) is 5.60. The number of benzene rings is 1. The van der Waals surface area contributed by atoms with Crippen molar-refractivity contribution < 1.29 is 14.7 Å². The fraction of sp³-hybridized carbons (Fsp3) is 0.500. The van der Waals surface area contributed by atoms with E-state index in [-0.39, 0.29) is 12.5 Å². The van der Waals surface area contributed by atoms with Crippen molar-refractivity contribution in [1.82, 2.24) is 0 Å². The first-order valence-electron chi connectivity index (χ1n) is 7.28. The maximum Gasteiger partial charge on any atom is 0.323 e. The summed E-state index contributed by atoms with van der Waals surface area (Å²) in [4.78, 5) is 25.5. The summed E-state index contributed by atoms with van der Waals surface area (Å²) in [6, 6.07) is 6.74. The molecule has 21 heavy (non-hydrogen) atoms. The SMILES string of the molecule is CCC1(C(=O)N(CC(=O)O)c2ccc(Cl)cc2)CCCC1. The topological polar surface area (TPSA) is 57.6 Å². The molecule has 0 unspecified atom stereocenters. The Labute approximate surface area is 129 Å². The first-order chi connectivity index (χ1) is 9.98. The molecule has 1 N–H and O–H groups in total. The van der Waals surface area contributed by atoms with Gasteiger partial charge in [-0.1, -0.05) is 31.4 Å². The van der Waals surface area contributed by atoms with Crippen molar-refractivity contribution in [3.8, 4) is 0 Å². The van der Waals surface area contributed by atoms with Crippen molar-refractivity contribution >= 4 is 29.2 Å². The number of hydrogen-bond donors (Lipinski definition) is 1. The molecule has 0 aliphatic heterocycles. The lowest BCUT2D eigenvalue weighted by atomic mass is 9.81. The van der Waals surface area contributed by atoms with Gasteiger partial charge in [-0.2, -0.15) is 0 Å². The Bertz CT molecular complexity index is 521. The van der Waals surface area contributed by atoms with Gasteiger partial charge in [0.25, 0.3) is 0 Å². The predicted molar refractivity (Wildman–Crippen MR) is 82.6 cm³/mol. The van der Waals surface area contributed by atoms with Crippen LogP contribution in [-0.4, -0.2) is 23.5 Å². The van der Waals surface area contributed by atoms with E-state index in [4.69, 9.17) is 16.7 Å². The highest BCUT2D eigenvalue weighted by molar-refractivity contribution is 6.30. The molecule has 1 aliphatic rings. The van der Waals surface area contributed by atoms with Gasteiger partial charge in [-0.05, 0) is 43.5 Å². The summed E-state index contributed by atoms with van der Waals surface area (Å²) in [7, 11) is 0. The third kappa shape index (κ3) is 3.38. The van der Waals surface area contributed by atoms with E-state index in [9.17, 15) is 9.59 Å². The lowest BCUT2D eigenvalue weighted by molar-refractivity contribution is -0.138. The summed E-state index contributed by atoms with van der Waals surface area (Å²) in [5.41, 5.74) is 0.182. The molecule has 0 heterocycles. The molecule has 1 fully saturated rings. The van der Waals surface area contributed by atoms with Crippen molar-refractivity contribution in [3.63, 3.8) is 0 Å². The molecule has 0 saturated heterocycles. The third-order valence-corrected chi connectivity index (χ3v) is 4.62. The van der Waals surface area contributed by atoms with E-state index in [1.807, 2.05) is 6.92 Å². The van der Waals surface area contributed by atoms with Gasteiger partial charge < -0.3 is 10.0 Å². The number of aliphatic carboxylic acids is 1. The molecule has 1 aromatic rings. The largest absolute Gasteiger partial charge is 0.480 e. The Balaban J connectivity index is 2.33. The maximum atomic E-state index is 12.9. The summed E-state index contributed by atoms with van der Waals surface area (Å²) >= 11 is 5.86. The molecule has 114 valence electrons. The van der Waals surface area contributed by atoms with Crippen LogP contribution in [0.3, 0.4) is 0 Å². The van der Waals surface area contributed by atoms with Crippen LogP contribution in [0.15, 0.2) is 24.3 Å². The zero-order valence-electron chi connectivity index (χ0n) is 12.1. The summed E-state index contributed by atoms with van der Waals surface area (Å²) in [6.07, 6.45) is 4.48. The van der Waals surface area contributed by atoms with E-state index in [2.05, 4.69) is 0 Å². The predicted octanol–water partition coefficient (Wildman–Crippen LogP) is 3.73. The minimum atomic E-state index is -1.01. The number of anilines is 1. The standard InChI is InChI=1S/C16H20ClNO3/c1-2-16(9-3-4-10-16)15(21)18(11-14(19)20)13-7-5-12(17)6-8-13/h5-8H,2-4,9-11H2,1H3,(H,19,20). The third-order valence-electron chi connectivity index (χ3n) is 4.37. The molecular weight excluding hydrogens is 290 g/mol. The minimum absolute atomic E-state index is 0.0766. The molecule has 0 aromatic heterocycles. The van der Waals surface area contributed by atoms with Gasteiger partial charge in [0.05, 0.1) is 0 Å². The molecule has 5 heteroatoms. The Morgan fingerprint density at radius 2 is 1.81 bits per heavy atom. The normalized spacial score (nSPS) is 16.7. The lowest BCUT2D eigenvalue weighted by Crippen LogP contribution is -2.45. The molecule has 1 aliphatic carbocycles. The van der Waals surface area contributed by atoms with Crippen molar-refractivity contribution in [1.29, 1.82) is 0 Å². The lowest BCUT2D eigenvalue weighted by Gasteiger charge is -2.33. The number of carboxylic acids is 1. The van der Waals surface area contributed by atoms with Gasteiger partial charge in [-0.25, -0.2) is 0 Å². The number of hydrogen-bond acceptors (Lipinski definition) is 2. The molecule has 1 amide bonds. The van der Waals surface area contributed by atoms with Crippen LogP contribution >= 0.6 is 11.6 Å². The number of halogens is 1. The summed E-state index contributed by atoms with van der Waals surface area (Å²) in [5, 5.41) is 9.69. The molecular formula is C16H20ClNO3. The first-order valence-corrected chi connectivity index (χ1v) is 7.65. The Morgan fingerprint density at radius 3 is 2.29 bits per heavy atom. The van der Waals surface area contributed by atoms with Crippen LogP contribution in [0.5, 0.6) is 0 Å². The number of nitrogens with zero attached hydrogens (tertiary/aromatic N) is 1. The summed E-state index contributed by atoms with van der Waals surface area (Å²) in [6.45, 7) is 1.69. The average Bonchev–Trinajstić information content (AvgIpc) is 2.95. The Kier molecular flexibility index (Phi) is 4.88. The molecule has 0 radical (unpaired) electrons. The smallest absolute Gasteiger partial charge is 0.323 e. The van der Waals surface area contributed by atoms with Crippen molar-refractivity contribution in [2.24, 2.45) is 5.41 Å². The average molecular weight is 310 g/mol. The summed E-state index contributed by atoms with van der Waals surface area (Å²) in [5.74, 6) is -1.09. The molecule has 1 aromatic carbocycles. The maximum absolute atomic E-state index is 12.9. The van der Waals surface area contributed by atoms with Crippen LogP contribution in [0, 0.1) is 5.41 Å². The van der Waals surface area contributed by atoms with E-state index in [1.165, 1.54) is 4.90 Å². The van der Waals surface area contributed by atoms with Crippen LogP contribution in [0.2, 0.25) is 5.02 Å². The Hall–Kier alpha value is -1.55. The molecule has 2 rings (SSSR count). The quantitative estimate of drug-likeness (QED) is 0.901. The van der Waals surface area contributed by atoms with Crippen LogP contribution in [0.4, 0.5) is 5.69 Å². The number of rotatable bonds is 5. The van der Waals surface area contributed by atoms with Crippen molar-refractivity contribution in [2.75, 3.05) is 11.4 Å². The Morgan fingerprint density at radius 1 is 1.24 bits per heavy atom. The highest BCUT2D eigenvalue weighted by atomic mass is 35.5. The summed E-state index contributed by atoms with van der Waals surface area (Å²) < 4.78 is 0. The van der Waals surface area contributed by atoms with Crippen LogP contribution in [0.25, 0.3) is 0 Å². The van der Waals surface area contributed by atoms with Crippen LogP contribution in [0.1, 0.15) is 39.0 Å². The van der Waals surface area contributed by atoms with Gasteiger partial charge in [0.1, 0.15) is 6.54 Å². The number of carbonyl (C=O) groups excluding carboxylic acids is 1. The van der Waals surface area contributed by atoms with Crippen LogP contribution in [-0.2, 0) is 9.59 Å². The van der Waals surface area contributed by atoms with E-state index >= 15 is 0 Å². The molecule has 0 bridgehead atoms. The van der Waals surface area contributed by atoms with Gasteiger partial charge in [0.2, 0.25) is 5.91 Å². The molecule has 4 nitrogen and oxygen atoms in total. The fourth-order valence-corrected chi connectivity index (χ4v) is 3.22. The number of amides is 1. The van der Waals surface area contributed by atoms with E-state index in [0.29, 0.717) is 10.7 Å². The van der Waals surface area contributed by atoms with Gasteiger partial charge in [-0.15, -0.1) is 0 Å². The van der Waals surface area contributed by atoms with Gasteiger partial charge in [-0.3, -0.25) is 9.59 Å². The van der Waals surface area contributed by atoms with Crippen molar-refractivity contribution in [2.45, 2.75) is 39.0 Å². The zero-order valence-corrected chi connectivity index (χ0v) is 12.9. The highest BCUT2D eigenvalue weighted by Gasteiger charge is 2.42. The van der Waals surface area contributed by atoms with Crippen molar-refractivity contribution in [3.05, 3.63) is 29.3 Å². The minimum Gasteiger partial charge on any atom is -0.480 e. The van der Waals surface area contributed by atoms with Crippen LogP contribution < -0.4 is 4.90 Å². The second-order valence-corrected chi connectivity index (χ2v) is 6.04. The molecule has 1 saturated carbocycles. The van der Waals surface area contributed by atoms with Gasteiger partial charge in [0.15, 0.2) is 0 Å². The monoisotopic (exact) mass is 309 g/mol. The second kappa shape index (κ2) is 6.48. The fourth-order valence-electron chi connectivity index (χ4n) is 3.09. The van der Waals surface area contributed by atoms with Gasteiger partial charge >= 0.3 is 5.97 Å². The zero-order chi connectivity index (χ0) is 15.5.